The summed E-state index contributed by atoms with van der Waals surface area (Å²) in [5, 5.41) is 5.60. The van der Waals surface area contributed by atoms with E-state index in [0.29, 0.717) is 22.7 Å². The topological polar surface area (TPSA) is 67.4 Å². The van der Waals surface area contributed by atoms with Gasteiger partial charge >= 0.3 is 0 Å². The lowest BCUT2D eigenvalue weighted by Gasteiger charge is -2.10. The van der Waals surface area contributed by atoms with Gasteiger partial charge in [0, 0.05) is 16.9 Å². The monoisotopic (exact) mass is 374 g/mol. The van der Waals surface area contributed by atoms with E-state index in [1.54, 1.807) is 36.4 Å². The molecule has 0 saturated heterocycles. The Kier molecular flexibility index (Phi) is 6.41. The normalized spacial score (nSPS) is 10.2. The molecule has 0 heterocycles. The fourth-order valence-electron chi connectivity index (χ4n) is 2.67. The van der Waals surface area contributed by atoms with Gasteiger partial charge in [0.2, 0.25) is 0 Å². The Balaban J connectivity index is 1.56. The number of rotatable bonds is 7. The Labute approximate surface area is 164 Å². The number of nitrogens with one attached hydrogen (secondary N) is 2. The van der Waals surface area contributed by atoms with Crippen LogP contribution in [-0.2, 0) is 11.2 Å². The van der Waals surface area contributed by atoms with Gasteiger partial charge in [-0.05, 0) is 54.4 Å². The molecule has 0 spiro atoms. The van der Waals surface area contributed by atoms with E-state index in [4.69, 9.17) is 4.74 Å². The van der Waals surface area contributed by atoms with E-state index < -0.39 is 0 Å². The van der Waals surface area contributed by atoms with Crippen molar-refractivity contribution in [3.63, 3.8) is 0 Å². The molecule has 0 aliphatic rings. The molecule has 0 fully saturated rings. The van der Waals surface area contributed by atoms with Gasteiger partial charge in [0.25, 0.3) is 11.8 Å². The van der Waals surface area contributed by atoms with E-state index >= 15 is 0 Å². The van der Waals surface area contributed by atoms with Crippen LogP contribution in [0.4, 0.5) is 11.4 Å². The van der Waals surface area contributed by atoms with Gasteiger partial charge in [-0.15, -0.1) is 0 Å². The van der Waals surface area contributed by atoms with Crippen LogP contribution in [0, 0.1) is 0 Å². The summed E-state index contributed by atoms with van der Waals surface area (Å²) in [5.41, 5.74) is 2.91. The molecule has 3 aromatic rings. The van der Waals surface area contributed by atoms with Crippen LogP contribution in [0.15, 0.2) is 78.9 Å². The lowest BCUT2D eigenvalue weighted by molar-refractivity contribution is -0.118. The first-order chi connectivity index (χ1) is 13.6. The second kappa shape index (κ2) is 9.37. The highest BCUT2D eigenvalue weighted by Gasteiger charge is 2.08. The molecule has 28 heavy (non-hydrogen) atoms. The van der Waals surface area contributed by atoms with Gasteiger partial charge in [-0.2, -0.15) is 0 Å². The van der Waals surface area contributed by atoms with Crippen LogP contribution in [-0.4, -0.2) is 18.4 Å². The van der Waals surface area contributed by atoms with E-state index in [1.165, 1.54) is 0 Å². The predicted molar refractivity (Wildman–Crippen MR) is 111 cm³/mol. The van der Waals surface area contributed by atoms with E-state index in [-0.39, 0.29) is 18.4 Å². The van der Waals surface area contributed by atoms with E-state index in [9.17, 15) is 9.59 Å². The van der Waals surface area contributed by atoms with Crippen LogP contribution in [0.1, 0.15) is 22.8 Å². The molecule has 3 aromatic carbocycles. The molecule has 5 heteroatoms. The molecular formula is C23H22N2O3. The van der Waals surface area contributed by atoms with Crippen LogP contribution >= 0.6 is 0 Å². The first-order valence-corrected chi connectivity index (χ1v) is 9.12. The Morgan fingerprint density at radius 1 is 0.821 bits per heavy atom. The smallest absolute Gasteiger partial charge is 0.262 e. The fraction of sp³-hybridized carbons (Fsp3) is 0.130. The Hall–Kier alpha value is -3.60. The number of carbonyl (C=O) groups excluding carboxylic acids is 2. The molecule has 142 valence electrons. The third-order valence-electron chi connectivity index (χ3n) is 4.12. The lowest BCUT2D eigenvalue weighted by Crippen LogP contribution is -2.20. The third kappa shape index (κ3) is 5.45. The molecule has 0 atom stereocenters. The first-order valence-electron chi connectivity index (χ1n) is 9.12. The summed E-state index contributed by atoms with van der Waals surface area (Å²) in [5.74, 6) is 0.190. The van der Waals surface area contributed by atoms with Gasteiger partial charge in [-0.3, -0.25) is 9.59 Å². The van der Waals surface area contributed by atoms with E-state index in [0.717, 1.165) is 12.0 Å². The molecule has 2 N–H and O–H groups in total. The molecule has 0 saturated carbocycles. The molecule has 2 amide bonds. The van der Waals surface area contributed by atoms with Crippen molar-refractivity contribution in [1.29, 1.82) is 0 Å². The van der Waals surface area contributed by atoms with Gasteiger partial charge in [-0.1, -0.05) is 43.3 Å². The average Bonchev–Trinajstić information content (AvgIpc) is 2.73. The van der Waals surface area contributed by atoms with Crippen LogP contribution in [0.2, 0.25) is 0 Å². The zero-order chi connectivity index (χ0) is 19.8. The van der Waals surface area contributed by atoms with Crippen molar-refractivity contribution in [2.45, 2.75) is 13.3 Å². The van der Waals surface area contributed by atoms with Crippen molar-refractivity contribution in [3.8, 4) is 5.75 Å². The van der Waals surface area contributed by atoms with Crippen molar-refractivity contribution in [1.82, 2.24) is 0 Å². The third-order valence-corrected chi connectivity index (χ3v) is 4.12. The van der Waals surface area contributed by atoms with Crippen molar-refractivity contribution in [2.75, 3.05) is 17.2 Å². The maximum Gasteiger partial charge on any atom is 0.262 e. The zero-order valence-electron chi connectivity index (χ0n) is 15.6. The van der Waals surface area contributed by atoms with Crippen molar-refractivity contribution >= 4 is 23.2 Å². The van der Waals surface area contributed by atoms with Gasteiger partial charge in [0.1, 0.15) is 5.75 Å². The van der Waals surface area contributed by atoms with E-state index in [1.807, 2.05) is 42.5 Å². The summed E-state index contributed by atoms with van der Waals surface area (Å²) < 4.78 is 5.55. The predicted octanol–water partition coefficient (Wildman–Crippen LogP) is 4.52. The van der Waals surface area contributed by atoms with Gasteiger partial charge < -0.3 is 15.4 Å². The second-order valence-electron chi connectivity index (χ2n) is 6.24. The molecule has 0 aliphatic heterocycles. The second-order valence-corrected chi connectivity index (χ2v) is 6.24. The fourth-order valence-corrected chi connectivity index (χ4v) is 2.67. The number of benzene rings is 3. The van der Waals surface area contributed by atoms with Crippen LogP contribution in [0.25, 0.3) is 0 Å². The first kappa shape index (κ1) is 19.2. The van der Waals surface area contributed by atoms with E-state index in [2.05, 4.69) is 17.6 Å². The van der Waals surface area contributed by atoms with Gasteiger partial charge in [0.05, 0.1) is 0 Å². The minimum Gasteiger partial charge on any atom is -0.484 e. The molecule has 0 radical (unpaired) electrons. The summed E-state index contributed by atoms with van der Waals surface area (Å²) in [7, 11) is 0. The quantitative estimate of drug-likeness (QED) is 0.639. The number of amides is 2. The van der Waals surface area contributed by atoms with Gasteiger partial charge in [0.15, 0.2) is 6.61 Å². The standard InChI is InChI=1S/C23H22N2O3/c1-2-17-8-6-13-21(14-17)28-16-22(26)24-19-11-7-12-20(15-19)25-23(27)18-9-4-3-5-10-18/h3-15H,2,16H2,1H3,(H,24,26)(H,25,27). The van der Waals surface area contributed by atoms with Crippen LogP contribution in [0.5, 0.6) is 5.75 Å². The highest BCUT2D eigenvalue weighted by Crippen LogP contribution is 2.17. The molecule has 0 unspecified atom stereocenters. The molecule has 3 rings (SSSR count). The highest BCUT2D eigenvalue weighted by molar-refractivity contribution is 6.04. The largest absolute Gasteiger partial charge is 0.484 e. The number of anilines is 2. The average molecular weight is 374 g/mol. The number of carbonyl (C=O) groups is 2. The summed E-state index contributed by atoms with van der Waals surface area (Å²) in [6.45, 7) is 1.98. The Bertz CT molecular complexity index is 955. The molecule has 0 aliphatic carbocycles. The summed E-state index contributed by atoms with van der Waals surface area (Å²) >= 11 is 0. The van der Waals surface area contributed by atoms with Crippen molar-refractivity contribution in [3.05, 3.63) is 90.0 Å². The minimum atomic E-state index is -0.270. The van der Waals surface area contributed by atoms with Crippen LogP contribution < -0.4 is 15.4 Å². The summed E-state index contributed by atoms with van der Waals surface area (Å²) in [6.07, 6.45) is 0.908. The Morgan fingerprint density at radius 3 is 2.29 bits per heavy atom. The number of hydrogen-bond acceptors (Lipinski definition) is 3. The summed E-state index contributed by atoms with van der Waals surface area (Å²) in [4.78, 5) is 24.4. The lowest BCUT2D eigenvalue weighted by atomic mass is 10.2. The molecule has 0 bridgehead atoms. The summed E-state index contributed by atoms with van der Waals surface area (Å²) in [6, 6.07) is 23.6. The van der Waals surface area contributed by atoms with Crippen LogP contribution in [0.3, 0.4) is 0 Å². The molecular weight excluding hydrogens is 352 g/mol. The van der Waals surface area contributed by atoms with Gasteiger partial charge in [-0.25, -0.2) is 0 Å². The molecule has 5 nitrogen and oxygen atoms in total. The number of ether oxygens (including phenoxy) is 1. The Morgan fingerprint density at radius 2 is 1.54 bits per heavy atom. The molecule has 0 aromatic heterocycles. The SMILES string of the molecule is CCc1cccc(OCC(=O)Nc2cccc(NC(=O)c3ccccc3)c2)c1. The number of aryl methyl sites for hydroxylation is 1. The maximum absolute atomic E-state index is 12.2. The van der Waals surface area contributed by atoms with Crippen molar-refractivity contribution in [2.24, 2.45) is 0 Å². The highest BCUT2D eigenvalue weighted by atomic mass is 16.5. The van der Waals surface area contributed by atoms with Crippen molar-refractivity contribution < 1.29 is 14.3 Å². The maximum atomic E-state index is 12.2. The zero-order valence-corrected chi connectivity index (χ0v) is 15.6. The minimum absolute atomic E-state index is 0.0895. The number of hydrogen-bond donors (Lipinski definition) is 2.